The minimum absolute atomic E-state index is 0.0303. The molecule has 1 amide bonds. The smallest absolute Gasteiger partial charge is 0.243 e. The average molecular weight is 309 g/mol. The number of anilines is 2. The van der Waals surface area contributed by atoms with E-state index in [1.54, 1.807) is 24.3 Å². The molecular formula is C15H14ClFN2O2. The van der Waals surface area contributed by atoms with Gasteiger partial charge in [0.15, 0.2) is 0 Å². The van der Waals surface area contributed by atoms with E-state index in [-0.39, 0.29) is 24.1 Å². The number of carbonyl (C=O) groups excluding carboxylic acids is 1. The molecule has 0 aliphatic rings. The fourth-order valence-corrected chi connectivity index (χ4v) is 1.96. The summed E-state index contributed by atoms with van der Waals surface area (Å²) < 4.78 is 12.9. The van der Waals surface area contributed by atoms with Gasteiger partial charge in [0, 0.05) is 5.69 Å². The largest absolute Gasteiger partial charge is 0.392 e. The van der Waals surface area contributed by atoms with Gasteiger partial charge in [-0.3, -0.25) is 4.79 Å². The molecule has 0 bridgehead atoms. The maximum absolute atomic E-state index is 12.9. The van der Waals surface area contributed by atoms with Gasteiger partial charge < -0.3 is 15.7 Å². The molecule has 0 heterocycles. The van der Waals surface area contributed by atoms with Crippen LogP contribution >= 0.6 is 11.6 Å². The molecule has 0 aromatic heterocycles. The standard InChI is InChI=1S/C15H14ClFN2O2/c16-13-7-11(17)4-5-14(13)19-15(21)8-18-12-3-1-2-10(6-12)9-20/h1-7,18,20H,8-9H2,(H,19,21). The first-order valence-electron chi connectivity index (χ1n) is 6.27. The lowest BCUT2D eigenvalue weighted by atomic mass is 10.2. The van der Waals surface area contributed by atoms with Gasteiger partial charge >= 0.3 is 0 Å². The van der Waals surface area contributed by atoms with Crippen LogP contribution in [0.25, 0.3) is 0 Å². The van der Waals surface area contributed by atoms with Crippen LogP contribution in [0.3, 0.4) is 0 Å². The van der Waals surface area contributed by atoms with E-state index < -0.39 is 5.82 Å². The minimum atomic E-state index is -0.461. The van der Waals surface area contributed by atoms with E-state index in [9.17, 15) is 9.18 Å². The predicted octanol–water partition coefficient (Wildman–Crippen LogP) is 3.02. The van der Waals surface area contributed by atoms with E-state index in [1.807, 2.05) is 0 Å². The number of aliphatic hydroxyl groups is 1. The minimum Gasteiger partial charge on any atom is -0.392 e. The van der Waals surface area contributed by atoms with Crippen molar-refractivity contribution < 1.29 is 14.3 Å². The second-order valence-corrected chi connectivity index (χ2v) is 4.79. The molecule has 2 aromatic carbocycles. The number of carbonyl (C=O) groups is 1. The summed E-state index contributed by atoms with van der Waals surface area (Å²) in [6, 6.07) is 10.9. The molecule has 6 heteroatoms. The molecule has 0 atom stereocenters. The second-order valence-electron chi connectivity index (χ2n) is 4.38. The van der Waals surface area contributed by atoms with Gasteiger partial charge in [0.1, 0.15) is 5.82 Å². The van der Waals surface area contributed by atoms with Crippen molar-refractivity contribution in [2.45, 2.75) is 6.61 Å². The van der Waals surface area contributed by atoms with E-state index in [1.165, 1.54) is 12.1 Å². The lowest BCUT2D eigenvalue weighted by molar-refractivity contribution is -0.114. The molecule has 2 aromatic rings. The monoisotopic (exact) mass is 308 g/mol. The number of halogens is 2. The van der Waals surface area contributed by atoms with E-state index in [0.29, 0.717) is 5.69 Å². The Bertz CT molecular complexity index is 649. The predicted molar refractivity (Wildman–Crippen MR) is 80.9 cm³/mol. The van der Waals surface area contributed by atoms with Crippen molar-refractivity contribution in [3.8, 4) is 0 Å². The Kier molecular flexibility index (Phi) is 5.14. The fourth-order valence-electron chi connectivity index (χ4n) is 1.75. The van der Waals surface area contributed by atoms with Crippen LogP contribution in [-0.4, -0.2) is 17.6 Å². The number of benzene rings is 2. The van der Waals surface area contributed by atoms with Gasteiger partial charge in [0.2, 0.25) is 5.91 Å². The molecule has 0 aliphatic carbocycles. The number of hydrogen-bond acceptors (Lipinski definition) is 3. The highest BCUT2D eigenvalue weighted by Gasteiger charge is 2.06. The Morgan fingerprint density at radius 3 is 2.76 bits per heavy atom. The van der Waals surface area contributed by atoms with Gasteiger partial charge in [-0.15, -0.1) is 0 Å². The summed E-state index contributed by atoms with van der Waals surface area (Å²) in [5.74, 6) is -0.769. The Labute approximate surface area is 126 Å². The summed E-state index contributed by atoms with van der Waals surface area (Å²) >= 11 is 5.83. The van der Waals surface area contributed by atoms with Crippen LogP contribution in [0, 0.1) is 5.82 Å². The summed E-state index contributed by atoms with van der Waals surface area (Å²) in [5, 5.41) is 14.7. The third-order valence-electron chi connectivity index (χ3n) is 2.77. The number of amides is 1. The highest BCUT2D eigenvalue weighted by molar-refractivity contribution is 6.33. The number of aliphatic hydroxyl groups excluding tert-OH is 1. The van der Waals surface area contributed by atoms with Crippen LogP contribution < -0.4 is 10.6 Å². The zero-order valence-corrected chi connectivity index (χ0v) is 11.8. The van der Waals surface area contributed by atoms with Crippen molar-refractivity contribution in [3.05, 3.63) is 58.9 Å². The quantitative estimate of drug-likeness (QED) is 0.795. The molecule has 3 N–H and O–H groups in total. The lowest BCUT2D eigenvalue weighted by Gasteiger charge is -2.09. The Morgan fingerprint density at radius 1 is 1.24 bits per heavy atom. The molecule has 110 valence electrons. The summed E-state index contributed by atoms with van der Waals surface area (Å²) in [5.41, 5.74) is 1.83. The van der Waals surface area contributed by atoms with Crippen molar-refractivity contribution in [2.24, 2.45) is 0 Å². The first-order chi connectivity index (χ1) is 10.1. The second kappa shape index (κ2) is 7.06. The van der Waals surface area contributed by atoms with Gasteiger partial charge in [0.05, 0.1) is 23.9 Å². The highest BCUT2D eigenvalue weighted by Crippen LogP contribution is 2.22. The molecule has 0 spiro atoms. The summed E-state index contributed by atoms with van der Waals surface area (Å²) in [7, 11) is 0. The maximum Gasteiger partial charge on any atom is 0.243 e. The molecule has 0 saturated carbocycles. The normalized spacial score (nSPS) is 10.2. The SMILES string of the molecule is O=C(CNc1cccc(CO)c1)Nc1ccc(F)cc1Cl. The Balaban J connectivity index is 1.92. The molecule has 21 heavy (non-hydrogen) atoms. The van der Waals surface area contributed by atoms with Crippen molar-refractivity contribution in [2.75, 3.05) is 17.2 Å². The molecule has 0 fully saturated rings. The van der Waals surface area contributed by atoms with Crippen LogP contribution in [0.5, 0.6) is 0 Å². The third-order valence-corrected chi connectivity index (χ3v) is 3.08. The van der Waals surface area contributed by atoms with Crippen LogP contribution in [0.4, 0.5) is 15.8 Å². The Hall–Kier alpha value is -2.11. The topological polar surface area (TPSA) is 61.4 Å². The molecule has 2 rings (SSSR count). The van der Waals surface area contributed by atoms with E-state index in [2.05, 4.69) is 10.6 Å². The van der Waals surface area contributed by atoms with Gasteiger partial charge in [-0.05, 0) is 35.9 Å². The van der Waals surface area contributed by atoms with Gasteiger partial charge in [0.25, 0.3) is 0 Å². The van der Waals surface area contributed by atoms with E-state index in [4.69, 9.17) is 16.7 Å². The molecule has 4 nitrogen and oxygen atoms in total. The lowest BCUT2D eigenvalue weighted by Crippen LogP contribution is -2.22. The van der Waals surface area contributed by atoms with Gasteiger partial charge in [-0.25, -0.2) is 4.39 Å². The summed E-state index contributed by atoms with van der Waals surface area (Å²) in [6.45, 7) is -0.0323. The molecular weight excluding hydrogens is 295 g/mol. The Morgan fingerprint density at radius 2 is 2.05 bits per heavy atom. The van der Waals surface area contributed by atoms with Crippen molar-refractivity contribution in [1.29, 1.82) is 0 Å². The van der Waals surface area contributed by atoms with Crippen LogP contribution in [0.15, 0.2) is 42.5 Å². The van der Waals surface area contributed by atoms with Crippen LogP contribution in [-0.2, 0) is 11.4 Å². The number of nitrogens with one attached hydrogen (secondary N) is 2. The molecule has 0 unspecified atom stereocenters. The molecule has 0 radical (unpaired) electrons. The first kappa shape index (κ1) is 15.3. The van der Waals surface area contributed by atoms with Crippen LogP contribution in [0.2, 0.25) is 5.02 Å². The van der Waals surface area contributed by atoms with Crippen LogP contribution in [0.1, 0.15) is 5.56 Å². The molecule has 0 aliphatic heterocycles. The third kappa shape index (κ3) is 4.44. The maximum atomic E-state index is 12.9. The zero-order chi connectivity index (χ0) is 15.2. The van der Waals surface area contributed by atoms with Gasteiger partial charge in [-0.2, -0.15) is 0 Å². The van der Waals surface area contributed by atoms with Crippen molar-refractivity contribution in [1.82, 2.24) is 0 Å². The zero-order valence-electron chi connectivity index (χ0n) is 11.1. The van der Waals surface area contributed by atoms with E-state index in [0.717, 1.165) is 17.3 Å². The number of hydrogen-bond donors (Lipinski definition) is 3. The first-order valence-corrected chi connectivity index (χ1v) is 6.65. The average Bonchev–Trinajstić information content (AvgIpc) is 2.48. The molecule has 0 saturated heterocycles. The summed E-state index contributed by atoms with van der Waals surface area (Å²) in [4.78, 5) is 11.8. The van der Waals surface area contributed by atoms with Gasteiger partial charge in [-0.1, -0.05) is 23.7 Å². The van der Waals surface area contributed by atoms with Crippen molar-refractivity contribution >= 4 is 28.9 Å². The van der Waals surface area contributed by atoms with Crippen molar-refractivity contribution in [3.63, 3.8) is 0 Å². The van der Waals surface area contributed by atoms with E-state index >= 15 is 0 Å². The fraction of sp³-hybridized carbons (Fsp3) is 0.133. The summed E-state index contributed by atoms with van der Waals surface area (Å²) in [6.07, 6.45) is 0. The highest BCUT2D eigenvalue weighted by atomic mass is 35.5. The number of rotatable bonds is 5.